The van der Waals surface area contributed by atoms with Gasteiger partial charge in [0.2, 0.25) is 0 Å². The molecule has 0 bridgehead atoms. The van der Waals surface area contributed by atoms with Crippen LogP contribution in [0.1, 0.15) is 46.0 Å². The molecule has 10 heavy (non-hydrogen) atoms. The SMILES string of the molecule is CC1CCC1.CCCCF. The smallest absolute Gasteiger partial charge is 0.0894 e. The van der Waals surface area contributed by atoms with Gasteiger partial charge in [0.1, 0.15) is 0 Å². The van der Waals surface area contributed by atoms with Crippen LogP contribution >= 0.6 is 0 Å². The number of halogens is 1. The van der Waals surface area contributed by atoms with Gasteiger partial charge in [-0.2, -0.15) is 0 Å². The van der Waals surface area contributed by atoms with Gasteiger partial charge in [-0.1, -0.05) is 39.5 Å². The molecule has 0 spiro atoms. The van der Waals surface area contributed by atoms with Gasteiger partial charge in [0.05, 0.1) is 6.67 Å². The quantitative estimate of drug-likeness (QED) is 0.558. The first kappa shape index (κ1) is 9.93. The van der Waals surface area contributed by atoms with Crippen molar-refractivity contribution in [3.63, 3.8) is 0 Å². The van der Waals surface area contributed by atoms with Crippen molar-refractivity contribution in [3.8, 4) is 0 Å². The average molecular weight is 146 g/mol. The Hall–Kier alpha value is -0.0700. The highest BCUT2D eigenvalue weighted by Gasteiger charge is 2.09. The van der Waals surface area contributed by atoms with Crippen molar-refractivity contribution in [1.82, 2.24) is 0 Å². The molecule has 0 aliphatic heterocycles. The molecule has 1 fully saturated rings. The average Bonchev–Trinajstić information content (AvgIpc) is 1.87. The molecule has 1 aliphatic carbocycles. The summed E-state index contributed by atoms with van der Waals surface area (Å²) in [7, 11) is 0. The van der Waals surface area contributed by atoms with E-state index in [1.165, 1.54) is 19.3 Å². The summed E-state index contributed by atoms with van der Waals surface area (Å²) in [6, 6.07) is 0. The third-order valence-electron chi connectivity index (χ3n) is 1.88. The van der Waals surface area contributed by atoms with Crippen LogP contribution in [0.25, 0.3) is 0 Å². The molecule has 0 atom stereocenters. The topological polar surface area (TPSA) is 0 Å². The molecule has 1 aliphatic rings. The number of hydrogen-bond donors (Lipinski definition) is 0. The van der Waals surface area contributed by atoms with Crippen molar-refractivity contribution >= 4 is 0 Å². The summed E-state index contributed by atoms with van der Waals surface area (Å²) in [5.74, 6) is 1.06. The van der Waals surface area contributed by atoms with Crippen molar-refractivity contribution in [2.24, 2.45) is 5.92 Å². The van der Waals surface area contributed by atoms with Crippen molar-refractivity contribution in [2.75, 3.05) is 6.67 Å². The highest BCUT2D eigenvalue weighted by molar-refractivity contribution is 4.62. The van der Waals surface area contributed by atoms with Gasteiger partial charge in [-0.25, -0.2) is 0 Å². The number of unbranched alkanes of at least 4 members (excludes halogenated alkanes) is 1. The van der Waals surface area contributed by atoms with Crippen LogP contribution < -0.4 is 0 Å². The molecular weight excluding hydrogens is 127 g/mol. The van der Waals surface area contributed by atoms with Crippen molar-refractivity contribution in [1.29, 1.82) is 0 Å². The highest BCUT2D eigenvalue weighted by Crippen LogP contribution is 2.24. The van der Waals surface area contributed by atoms with E-state index in [1.807, 2.05) is 6.92 Å². The molecule has 0 heterocycles. The van der Waals surface area contributed by atoms with Crippen molar-refractivity contribution < 1.29 is 4.39 Å². The van der Waals surface area contributed by atoms with E-state index in [1.54, 1.807) is 0 Å². The predicted molar refractivity (Wildman–Crippen MR) is 43.9 cm³/mol. The first-order chi connectivity index (χ1) is 4.81. The summed E-state index contributed by atoms with van der Waals surface area (Å²) >= 11 is 0. The maximum Gasteiger partial charge on any atom is 0.0894 e. The fraction of sp³-hybridized carbons (Fsp3) is 1.00. The van der Waals surface area contributed by atoms with Crippen LogP contribution in [0.2, 0.25) is 0 Å². The lowest BCUT2D eigenvalue weighted by molar-refractivity contribution is 0.346. The minimum Gasteiger partial charge on any atom is -0.251 e. The standard InChI is InChI=1S/C5H10.C4H9F/c1-5-3-2-4-5;1-2-3-4-5/h5H,2-4H2,1H3;2-4H2,1H3. The second-order valence-corrected chi connectivity index (χ2v) is 3.08. The van der Waals surface area contributed by atoms with Gasteiger partial charge in [0.25, 0.3) is 0 Å². The van der Waals surface area contributed by atoms with Gasteiger partial charge in [0.15, 0.2) is 0 Å². The molecule has 0 unspecified atom stereocenters. The van der Waals surface area contributed by atoms with Gasteiger partial charge in [0, 0.05) is 0 Å². The second kappa shape index (κ2) is 7.04. The monoisotopic (exact) mass is 146 g/mol. The number of rotatable bonds is 2. The molecular formula is C9H19F. The molecule has 1 heteroatoms. The molecule has 0 aromatic rings. The first-order valence-electron chi connectivity index (χ1n) is 4.37. The lowest BCUT2D eigenvalue weighted by Crippen LogP contribution is -2.04. The van der Waals surface area contributed by atoms with E-state index in [9.17, 15) is 4.39 Å². The van der Waals surface area contributed by atoms with E-state index in [0.29, 0.717) is 0 Å². The third kappa shape index (κ3) is 6.06. The maximum atomic E-state index is 11.0. The second-order valence-electron chi connectivity index (χ2n) is 3.08. The van der Waals surface area contributed by atoms with Gasteiger partial charge in [-0.3, -0.25) is 4.39 Å². The minimum absolute atomic E-state index is 0.156. The largest absolute Gasteiger partial charge is 0.251 e. The zero-order valence-corrected chi connectivity index (χ0v) is 7.20. The van der Waals surface area contributed by atoms with Gasteiger partial charge in [-0.15, -0.1) is 0 Å². The van der Waals surface area contributed by atoms with E-state index in [-0.39, 0.29) is 6.67 Å². The van der Waals surface area contributed by atoms with E-state index in [2.05, 4.69) is 6.92 Å². The van der Waals surface area contributed by atoms with Crippen molar-refractivity contribution in [2.45, 2.75) is 46.0 Å². The summed E-state index contributed by atoms with van der Waals surface area (Å²) in [4.78, 5) is 0. The van der Waals surface area contributed by atoms with Crippen LogP contribution in [0.5, 0.6) is 0 Å². The maximum absolute atomic E-state index is 11.0. The predicted octanol–water partition coefficient (Wildman–Crippen LogP) is 3.56. The Kier molecular flexibility index (Phi) is 6.99. The van der Waals surface area contributed by atoms with E-state index < -0.39 is 0 Å². The summed E-state index contributed by atoms with van der Waals surface area (Å²) in [5, 5.41) is 0. The van der Waals surface area contributed by atoms with Crippen LogP contribution in [0, 0.1) is 5.92 Å². The van der Waals surface area contributed by atoms with E-state index >= 15 is 0 Å². The third-order valence-corrected chi connectivity index (χ3v) is 1.88. The van der Waals surface area contributed by atoms with Crippen LogP contribution in [-0.4, -0.2) is 6.67 Å². The van der Waals surface area contributed by atoms with E-state index in [4.69, 9.17) is 0 Å². The fourth-order valence-electron chi connectivity index (χ4n) is 0.746. The number of hydrogen-bond acceptors (Lipinski definition) is 0. The van der Waals surface area contributed by atoms with Crippen LogP contribution in [0.3, 0.4) is 0 Å². The Morgan fingerprint density at radius 3 is 1.90 bits per heavy atom. The molecule has 0 nitrogen and oxygen atoms in total. The van der Waals surface area contributed by atoms with Crippen molar-refractivity contribution in [3.05, 3.63) is 0 Å². The van der Waals surface area contributed by atoms with Gasteiger partial charge >= 0.3 is 0 Å². The molecule has 0 N–H and O–H groups in total. The summed E-state index contributed by atoms with van der Waals surface area (Å²) in [6.07, 6.45) is 6.15. The minimum atomic E-state index is -0.156. The van der Waals surface area contributed by atoms with Crippen LogP contribution in [0.15, 0.2) is 0 Å². The van der Waals surface area contributed by atoms with Crippen LogP contribution in [-0.2, 0) is 0 Å². The first-order valence-corrected chi connectivity index (χ1v) is 4.37. The lowest BCUT2D eigenvalue weighted by atomic mass is 9.88. The Morgan fingerprint density at radius 2 is 1.90 bits per heavy atom. The Balaban J connectivity index is 0.000000162. The molecule has 0 aromatic heterocycles. The molecule has 1 saturated carbocycles. The molecule has 0 aromatic carbocycles. The normalized spacial score (nSPS) is 17.1. The fourth-order valence-corrected chi connectivity index (χ4v) is 0.746. The van der Waals surface area contributed by atoms with Gasteiger partial charge < -0.3 is 0 Å². The molecule has 0 amide bonds. The van der Waals surface area contributed by atoms with Gasteiger partial charge in [-0.05, 0) is 12.3 Å². The molecule has 0 saturated heterocycles. The Bertz CT molecular complexity index is 55.7. The van der Waals surface area contributed by atoms with E-state index in [0.717, 1.165) is 18.8 Å². The molecule has 62 valence electrons. The molecule has 0 radical (unpaired) electrons. The highest BCUT2D eigenvalue weighted by atomic mass is 19.1. The molecule has 1 rings (SSSR count). The Labute approximate surface area is 63.8 Å². The lowest BCUT2D eigenvalue weighted by Gasteiger charge is -2.18. The summed E-state index contributed by atoms with van der Waals surface area (Å²) < 4.78 is 11.0. The number of alkyl halides is 1. The Morgan fingerprint density at radius 1 is 1.40 bits per heavy atom. The zero-order valence-electron chi connectivity index (χ0n) is 7.20. The van der Waals surface area contributed by atoms with Crippen LogP contribution in [0.4, 0.5) is 4.39 Å². The summed E-state index contributed by atoms with van der Waals surface area (Å²) in [5.41, 5.74) is 0. The summed E-state index contributed by atoms with van der Waals surface area (Å²) in [6.45, 7) is 4.12. The zero-order chi connectivity index (χ0) is 7.82.